The van der Waals surface area contributed by atoms with Crippen molar-refractivity contribution in [1.82, 2.24) is 5.32 Å². The molecule has 1 N–H and O–H groups in total. The third-order valence-corrected chi connectivity index (χ3v) is 3.31. The molecule has 0 bridgehead atoms. The third-order valence-electron chi connectivity index (χ3n) is 3.31. The molecular formula is C14H21NO. The first-order chi connectivity index (χ1) is 7.85. The molecule has 1 atom stereocenters. The topological polar surface area (TPSA) is 21.3 Å². The van der Waals surface area contributed by atoms with Crippen LogP contribution in [0.4, 0.5) is 0 Å². The predicted octanol–water partition coefficient (Wildman–Crippen LogP) is 3.07. The van der Waals surface area contributed by atoms with Crippen molar-refractivity contribution in [2.45, 2.75) is 38.6 Å². The first-order valence-electron chi connectivity index (χ1n) is 6.25. The molecule has 88 valence electrons. The molecule has 2 rings (SSSR count). The minimum Gasteiger partial charge on any atom is -0.497 e. The second kappa shape index (κ2) is 5.35. The van der Waals surface area contributed by atoms with E-state index >= 15 is 0 Å². The number of rotatable bonds is 4. The minimum atomic E-state index is 0.527. The van der Waals surface area contributed by atoms with Gasteiger partial charge >= 0.3 is 0 Å². The van der Waals surface area contributed by atoms with Gasteiger partial charge in [-0.15, -0.1) is 0 Å². The lowest BCUT2D eigenvalue weighted by Gasteiger charge is -2.26. The zero-order chi connectivity index (χ0) is 11.4. The lowest BCUT2D eigenvalue weighted by atomic mass is 9.87. The maximum atomic E-state index is 5.31. The van der Waals surface area contributed by atoms with Crippen LogP contribution in [0.1, 0.15) is 43.4 Å². The van der Waals surface area contributed by atoms with Gasteiger partial charge in [0.1, 0.15) is 5.75 Å². The van der Waals surface area contributed by atoms with Crippen molar-refractivity contribution in [2.24, 2.45) is 0 Å². The fourth-order valence-electron chi connectivity index (χ4n) is 2.43. The molecule has 0 aromatic heterocycles. The van der Waals surface area contributed by atoms with Crippen LogP contribution in [0, 0.1) is 0 Å². The van der Waals surface area contributed by atoms with Crippen LogP contribution in [0.3, 0.4) is 0 Å². The Balaban J connectivity index is 2.21. The maximum Gasteiger partial charge on any atom is 0.119 e. The van der Waals surface area contributed by atoms with Crippen molar-refractivity contribution in [1.29, 1.82) is 0 Å². The van der Waals surface area contributed by atoms with Gasteiger partial charge in [-0.05, 0) is 55.5 Å². The molecule has 1 aliphatic carbocycles. The lowest BCUT2D eigenvalue weighted by Crippen LogP contribution is -2.25. The molecule has 2 nitrogen and oxygen atoms in total. The summed E-state index contributed by atoms with van der Waals surface area (Å²) in [7, 11) is 1.74. The van der Waals surface area contributed by atoms with E-state index in [4.69, 9.17) is 4.74 Å². The van der Waals surface area contributed by atoms with Crippen molar-refractivity contribution in [3.8, 4) is 5.75 Å². The smallest absolute Gasteiger partial charge is 0.119 e. The predicted molar refractivity (Wildman–Crippen MR) is 67.0 cm³/mol. The zero-order valence-electron chi connectivity index (χ0n) is 10.3. The summed E-state index contributed by atoms with van der Waals surface area (Å²) in [5.74, 6) is 0.976. The van der Waals surface area contributed by atoms with Gasteiger partial charge < -0.3 is 10.1 Å². The Morgan fingerprint density at radius 3 is 3.06 bits per heavy atom. The molecule has 0 amide bonds. The largest absolute Gasteiger partial charge is 0.497 e. The quantitative estimate of drug-likeness (QED) is 0.840. The van der Waals surface area contributed by atoms with Gasteiger partial charge in [0.25, 0.3) is 0 Å². The molecular weight excluding hydrogens is 198 g/mol. The summed E-state index contributed by atoms with van der Waals surface area (Å²) < 4.78 is 5.31. The maximum absolute atomic E-state index is 5.31. The Hall–Kier alpha value is -1.02. The number of hydrogen-bond acceptors (Lipinski definition) is 2. The number of benzene rings is 1. The van der Waals surface area contributed by atoms with Gasteiger partial charge in [-0.25, -0.2) is 0 Å². The summed E-state index contributed by atoms with van der Waals surface area (Å²) in [5, 5.41) is 3.62. The molecule has 2 heteroatoms. The van der Waals surface area contributed by atoms with E-state index in [-0.39, 0.29) is 0 Å². The van der Waals surface area contributed by atoms with Gasteiger partial charge in [-0.2, -0.15) is 0 Å². The number of ether oxygens (including phenoxy) is 1. The molecule has 1 aromatic rings. The third kappa shape index (κ3) is 2.38. The number of hydrogen-bond donors (Lipinski definition) is 1. The van der Waals surface area contributed by atoms with Crippen LogP contribution in [0.5, 0.6) is 5.75 Å². The highest BCUT2D eigenvalue weighted by molar-refractivity contribution is 5.39. The van der Waals surface area contributed by atoms with E-state index in [0.717, 1.165) is 12.3 Å². The Morgan fingerprint density at radius 1 is 1.44 bits per heavy atom. The average molecular weight is 219 g/mol. The van der Waals surface area contributed by atoms with E-state index < -0.39 is 0 Å². The van der Waals surface area contributed by atoms with Gasteiger partial charge in [0.05, 0.1) is 7.11 Å². The summed E-state index contributed by atoms with van der Waals surface area (Å²) in [4.78, 5) is 0. The molecule has 0 fully saturated rings. The molecule has 1 aromatic carbocycles. The summed E-state index contributed by atoms with van der Waals surface area (Å²) in [6, 6.07) is 7.01. The molecule has 0 spiro atoms. The summed E-state index contributed by atoms with van der Waals surface area (Å²) in [6.07, 6.45) is 4.94. The number of fused-ring (bicyclic) bond motifs is 1. The standard InChI is InChI=1S/C14H21NO/c1-3-9-15-14-6-4-5-11-7-8-12(16-2)10-13(11)14/h7-8,10,14-15H,3-6,9H2,1-2H3. The number of nitrogens with one attached hydrogen (secondary N) is 1. The molecule has 0 radical (unpaired) electrons. The Labute approximate surface area is 98.0 Å². The van der Waals surface area contributed by atoms with Crippen LogP contribution >= 0.6 is 0 Å². The second-order valence-corrected chi connectivity index (χ2v) is 4.46. The van der Waals surface area contributed by atoms with Crippen LogP contribution in [-0.2, 0) is 6.42 Å². The van der Waals surface area contributed by atoms with Crippen LogP contribution in [0.25, 0.3) is 0 Å². The van der Waals surface area contributed by atoms with Crippen molar-refractivity contribution in [3.63, 3.8) is 0 Å². The second-order valence-electron chi connectivity index (χ2n) is 4.46. The van der Waals surface area contributed by atoms with E-state index in [0.29, 0.717) is 6.04 Å². The number of methoxy groups -OCH3 is 1. The highest BCUT2D eigenvalue weighted by atomic mass is 16.5. The fourth-order valence-corrected chi connectivity index (χ4v) is 2.43. The van der Waals surface area contributed by atoms with Crippen molar-refractivity contribution in [3.05, 3.63) is 29.3 Å². The lowest BCUT2D eigenvalue weighted by molar-refractivity contribution is 0.409. The number of aryl methyl sites for hydroxylation is 1. The fraction of sp³-hybridized carbons (Fsp3) is 0.571. The minimum absolute atomic E-state index is 0.527. The van der Waals surface area contributed by atoms with E-state index in [9.17, 15) is 0 Å². The highest BCUT2D eigenvalue weighted by Crippen LogP contribution is 2.32. The molecule has 0 saturated carbocycles. The van der Waals surface area contributed by atoms with Gasteiger partial charge in [0, 0.05) is 6.04 Å². The zero-order valence-corrected chi connectivity index (χ0v) is 10.3. The van der Waals surface area contributed by atoms with Crippen LogP contribution in [-0.4, -0.2) is 13.7 Å². The van der Waals surface area contributed by atoms with Crippen LogP contribution in [0.15, 0.2) is 18.2 Å². The first kappa shape index (κ1) is 11.5. The van der Waals surface area contributed by atoms with Gasteiger partial charge in [-0.1, -0.05) is 13.0 Å². The monoisotopic (exact) mass is 219 g/mol. The highest BCUT2D eigenvalue weighted by Gasteiger charge is 2.19. The summed E-state index contributed by atoms with van der Waals surface area (Å²) in [6.45, 7) is 3.31. The van der Waals surface area contributed by atoms with Crippen molar-refractivity contribution < 1.29 is 4.74 Å². The van der Waals surface area contributed by atoms with E-state index in [2.05, 4.69) is 30.4 Å². The van der Waals surface area contributed by atoms with Crippen LogP contribution in [0.2, 0.25) is 0 Å². The van der Waals surface area contributed by atoms with E-state index in [1.54, 1.807) is 7.11 Å². The van der Waals surface area contributed by atoms with Gasteiger partial charge in [-0.3, -0.25) is 0 Å². The molecule has 0 aliphatic heterocycles. The van der Waals surface area contributed by atoms with Gasteiger partial charge in [0.15, 0.2) is 0 Å². The Kier molecular flexibility index (Phi) is 3.83. The average Bonchev–Trinajstić information content (AvgIpc) is 2.35. The molecule has 1 unspecified atom stereocenters. The first-order valence-corrected chi connectivity index (χ1v) is 6.25. The van der Waals surface area contributed by atoms with E-state index in [1.807, 2.05) is 0 Å². The molecule has 1 aliphatic rings. The Bertz CT molecular complexity index is 349. The Morgan fingerprint density at radius 2 is 2.31 bits per heavy atom. The van der Waals surface area contributed by atoms with Crippen molar-refractivity contribution in [2.75, 3.05) is 13.7 Å². The molecule has 16 heavy (non-hydrogen) atoms. The molecule has 0 saturated heterocycles. The summed E-state index contributed by atoms with van der Waals surface area (Å²) >= 11 is 0. The van der Waals surface area contributed by atoms with Gasteiger partial charge in [0.2, 0.25) is 0 Å². The normalized spacial score (nSPS) is 19.2. The van der Waals surface area contributed by atoms with Crippen LogP contribution < -0.4 is 10.1 Å². The van der Waals surface area contributed by atoms with Crippen molar-refractivity contribution >= 4 is 0 Å². The van der Waals surface area contributed by atoms with E-state index in [1.165, 1.54) is 36.8 Å². The summed E-state index contributed by atoms with van der Waals surface area (Å²) in [5.41, 5.74) is 2.93. The SMILES string of the molecule is CCCNC1CCCc2ccc(OC)cc21. The molecule has 0 heterocycles.